The molecule has 1 unspecified atom stereocenters. The molecule has 1 N–H and O–H groups in total. The molecule has 0 aromatic heterocycles. The maximum atomic E-state index is 11.1. The van der Waals surface area contributed by atoms with Gasteiger partial charge in [0.1, 0.15) is 18.5 Å². The van der Waals surface area contributed by atoms with Gasteiger partial charge in [-0.25, -0.2) is 0 Å². The van der Waals surface area contributed by atoms with Crippen molar-refractivity contribution in [2.24, 2.45) is 0 Å². The summed E-state index contributed by atoms with van der Waals surface area (Å²) in [6.07, 6.45) is 0.0134. The molecule has 6 heteroatoms. The molecule has 0 amide bonds. The third kappa shape index (κ3) is 4.35. The zero-order chi connectivity index (χ0) is 17.8. The molecule has 2 aromatic carbocycles. The van der Waals surface area contributed by atoms with Crippen molar-refractivity contribution >= 4 is 5.69 Å². The predicted octanol–water partition coefficient (Wildman–Crippen LogP) is 2.70. The SMILES string of the molecule is Cc1ccc(OCC(O)CN2CCc3c(cccc3[N+](=O)[O-])C2)cc1. The largest absolute Gasteiger partial charge is 0.491 e. The molecule has 0 spiro atoms. The molecule has 1 atom stereocenters. The van der Waals surface area contributed by atoms with E-state index in [1.54, 1.807) is 12.1 Å². The standard InChI is InChI=1S/C19H22N2O4/c1-14-5-7-17(8-6-14)25-13-16(22)12-20-10-9-18-15(11-20)3-2-4-19(18)21(23)24/h2-8,16,22H,9-13H2,1H3. The summed E-state index contributed by atoms with van der Waals surface area (Å²) in [6.45, 7) is 4.02. The van der Waals surface area contributed by atoms with Gasteiger partial charge in [-0.05, 0) is 31.0 Å². The lowest BCUT2D eigenvalue weighted by Crippen LogP contribution is -2.39. The van der Waals surface area contributed by atoms with Crippen LogP contribution in [0.2, 0.25) is 0 Å². The molecule has 3 rings (SSSR count). The van der Waals surface area contributed by atoms with E-state index in [0.717, 1.165) is 22.4 Å². The average molecular weight is 342 g/mol. The minimum atomic E-state index is -0.610. The van der Waals surface area contributed by atoms with Crippen LogP contribution < -0.4 is 4.74 Å². The summed E-state index contributed by atoms with van der Waals surface area (Å²) in [5.41, 5.74) is 3.13. The van der Waals surface area contributed by atoms with Gasteiger partial charge in [-0.2, -0.15) is 0 Å². The molecule has 2 aromatic rings. The van der Waals surface area contributed by atoms with E-state index in [1.807, 2.05) is 37.3 Å². The first-order valence-electron chi connectivity index (χ1n) is 8.38. The number of aliphatic hydroxyl groups is 1. The first-order chi connectivity index (χ1) is 12.0. The zero-order valence-corrected chi connectivity index (χ0v) is 14.2. The minimum absolute atomic E-state index is 0.195. The van der Waals surface area contributed by atoms with Gasteiger partial charge in [0.2, 0.25) is 0 Å². The number of aliphatic hydroxyl groups excluding tert-OH is 1. The Hall–Kier alpha value is -2.44. The number of aryl methyl sites for hydroxylation is 1. The second-order valence-electron chi connectivity index (χ2n) is 6.43. The number of hydrogen-bond acceptors (Lipinski definition) is 5. The van der Waals surface area contributed by atoms with Gasteiger partial charge >= 0.3 is 0 Å². The Morgan fingerprint density at radius 2 is 2.04 bits per heavy atom. The third-order valence-corrected chi connectivity index (χ3v) is 4.45. The first-order valence-corrected chi connectivity index (χ1v) is 8.38. The summed E-state index contributed by atoms with van der Waals surface area (Å²) in [6, 6.07) is 12.9. The fraction of sp³-hybridized carbons (Fsp3) is 0.368. The van der Waals surface area contributed by atoms with E-state index in [9.17, 15) is 15.2 Å². The van der Waals surface area contributed by atoms with E-state index >= 15 is 0 Å². The Kier molecular flexibility index (Phi) is 5.31. The van der Waals surface area contributed by atoms with Crippen molar-refractivity contribution < 1.29 is 14.8 Å². The molecular formula is C19H22N2O4. The molecule has 1 aliphatic rings. The van der Waals surface area contributed by atoms with E-state index in [1.165, 1.54) is 0 Å². The van der Waals surface area contributed by atoms with Gasteiger partial charge in [0.25, 0.3) is 5.69 Å². The summed E-state index contributed by atoms with van der Waals surface area (Å²) in [5.74, 6) is 0.740. The Balaban J connectivity index is 1.55. The fourth-order valence-corrected chi connectivity index (χ4v) is 3.15. The van der Waals surface area contributed by atoms with Gasteiger partial charge in [0.15, 0.2) is 0 Å². The van der Waals surface area contributed by atoms with Crippen LogP contribution in [0.1, 0.15) is 16.7 Å². The van der Waals surface area contributed by atoms with E-state index < -0.39 is 6.10 Å². The molecule has 0 saturated carbocycles. The van der Waals surface area contributed by atoms with Gasteiger partial charge in [-0.1, -0.05) is 29.8 Å². The maximum absolute atomic E-state index is 11.1. The normalized spacial score (nSPS) is 15.4. The lowest BCUT2D eigenvalue weighted by atomic mass is 9.97. The Bertz CT molecular complexity index is 746. The molecule has 1 aliphatic heterocycles. The van der Waals surface area contributed by atoms with Crippen LogP contribution in [0.5, 0.6) is 5.75 Å². The number of benzene rings is 2. The summed E-state index contributed by atoms with van der Waals surface area (Å²) in [5, 5.41) is 21.3. The van der Waals surface area contributed by atoms with Crippen molar-refractivity contribution in [3.8, 4) is 5.75 Å². The second kappa shape index (κ2) is 7.63. The van der Waals surface area contributed by atoms with Crippen LogP contribution >= 0.6 is 0 Å². The molecule has 0 bridgehead atoms. The van der Waals surface area contributed by atoms with Gasteiger partial charge in [-0.15, -0.1) is 0 Å². The molecule has 0 fully saturated rings. The van der Waals surface area contributed by atoms with E-state index in [-0.39, 0.29) is 17.2 Å². The number of hydrogen-bond donors (Lipinski definition) is 1. The molecule has 0 radical (unpaired) electrons. The monoisotopic (exact) mass is 342 g/mol. The number of rotatable bonds is 6. The molecule has 1 heterocycles. The highest BCUT2D eigenvalue weighted by atomic mass is 16.6. The Labute approximate surface area is 146 Å². The topological polar surface area (TPSA) is 75.8 Å². The van der Waals surface area contributed by atoms with Crippen molar-refractivity contribution in [3.05, 3.63) is 69.3 Å². The predicted molar refractivity (Wildman–Crippen MR) is 94.8 cm³/mol. The number of nitro groups is 1. The van der Waals surface area contributed by atoms with Gasteiger partial charge in [-0.3, -0.25) is 15.0 Å². The van der Waals surface area contributed by atoms with Crippen molar-refractivity contribution in [2.75, 3.05) is 19.7 Å². The highest BCUT2D eigenvalue weighted by Gasteiger charge is 2.24. The number of nitro benzene ring substituents is 1. The van der Waals surface area contributed by atoms with Crippen LogP contribution in [0.4, 0.5) is 5.69 Å². The van der Waals surface area contributed by atoms with Crippen molar-refractivity contribution in [1.82, 2.24) is 4.90 Å². The minimum Gasteiger partial charge on any atom is -0.491 e. The molecule has 6 nitrogen and oxygen atoms in total. The second-order valence-corrected chi connectivity index (χ2v) is 6.43. The average Bonchev–Trinajstić information content (AvgIpc) is 2.60. The van der Waals surface area contributed by atoms with Crippen LogP contribution in [0.15, 0.2) is 42.5 Å². The van der Waals surface area contributed by atoms with Crippen LogP contribution in [-0.2, 0) is 13.0 Å². The molecular weight excluding hydrogens is 320 g/mol. The van der Waals surface area contributed by atoms with E-state index in [0.29, 0.717) is 26.1 Å². The van der Waals surface area contributed by atoms with Crippen LogP contribution in [-0.4, -0.2) is 40.7 Å². The van der Waals surface area contributed by atoms with E-state index in [2.05, 4.69) is 4.90 Å². The molecule has 132 valence electrons. The van der Waals surface area contributed by atoms with Crippen molar-refractivity contribution in [2.45, 2.75) is 26.0 Å². The number of β-amino-alcohol motifs (C(OH)–C–C–N with tert-alkyl or cyclic N) is 1. The fourth-order valence-electron chi connectivity index (χ4n) is 3.15. The summed E-state index contributed by atoms with van der Waals surface area (Å²) in [4.78, 5) is 12.9. The van der Waals surface area contributed by atoms with Crippen LogP contribution in [0, 0.1) is 17.0 Å². The van der Waals surface area contributed by atoms with Gasteiger partial charge in [0.05, 0.1) is 4.92 Å². The van der Waals surface area contributed by atoms with Gasteiger partial charge < -0.3 is 9.84 Å². The third-order valence-electron chi connectivity index (χ3n) is 4.45. The van der Waals surface area contributed by atoms with Crippen molar-refractivity contribution in [1.29, 1.82) is 0 Å². The quantitative estimate of drug-likeness (QED) is 0.645. The number of nitrogens with zero attached hydrogens (tertiary/aromatic N) is 2. The Morgan fingerprint density at radius 3 is 2.76 bits per heavy atom. The lowest BCUT2D eigenvalue weighted by Gasteiger charge is -2.30. The molecule has 25 heavy (non-hydrogen) atoms. The molecule has 0 aliphatic carbocycles. The summed E-state index contributed by atoms with van der Waals surface area (Å²) < 4.78 is 5.62. The van der Waals surface area contributed by atoms with E-state index in [4.69, 9.17) is 4.74 Å². The molecule has 0 saturated heterocycles. The highest BCUT2D eigenvalue weighted by molar-refractivity contribution is 5.46. The number of fused-ring (bicyclic) bond motifs is 1. The smallest absolute Gasteiger partial charge is 0.272 e. The Morgan fingerprint density at radius 1 is 1.28 bits per heavy atom. The first kappa shape index (κ1) is 17.4. The lowest BCUT2D eigenvalue weighted by molar-refractivity contribution is -0.385. The number of ether oxygens (including phenoxy) is 1. The van der Waals surface area contributed by atoms with Crippen molar-refractivity contribution in [3.63, 3.8) is 0 Å². The van der Waals surface area contributed by atoms with Gasteiger partial charge in [0, 0.05) is 31.3 Å². The zero-order valence-electron chi connectivity index (χ0n) is 14.2. The van der Waals surface area contributed by atoms with Crippen LogP contribution in [0.3, 0.4) is 0 Å². The van der Waals surface area contributed by atoms with Crippen LogP contribution in [0.25, 0.3) is 0 Å². The summed E-state index contributed by atoms with van der Waals surface area (Å²) >= 11 is 0. The maximum Gasteiger partial charge on any atom is 0.272 e. The highest BCUT2D eigenvalue weighted by Crippen LogP contribution is 2.27. The summed E-state index contributed by atoms with van der Waals surface area (Å²) in [7, 11) is 0.